The lowest BCUT2D eigenvalue weighted by Crippen LogP contribution is -2.16. The van der Waals surface area contributed by atoms with Crippen molar-refractivity contribution in [1.82, 2.24) is 4.98 Å². The van der Waals surface area contributed by atoms with Crippen molar-refractivity contribution in [2.24, 2.45) is 0 Å². The fourth-order valence-electron chi connectivity index (χ4n) is 3.71. The van der Waals surface area contributed by atoms with Crippen LogP contribution in [0.4, 0.5) is 5.69 Å². The molecule has 0 radical (unpaired) electrons. The summed E-state index contributed by atoms with van der Waals surface area (Å²) in [7, 11) is 0. The first-order chi connectivity index (χ1) is 12.7. The molecule has 3 nitrogen and oxygen atoms in total. The maximum Gasteiger partial charge on any atom is 0.255 e. The number of carbonyl (C=O) groups excluding carboxylic acids is 1. The van der Waals surface area contributed by atoms with E-state index in [9.17, 15) is 4.79 Å². The number of amides is 1. The predicted molar refractivity (Wildman–Crippen MR) is 110 cm³/mol. The number of fused-ring (bicyclic) bond motifs is 1. The molecule has 1 aliphatic rings. The molecule has 0 aliphatic heterocycles. The Hall–Kier alpha value is -2.20. The Morgan fingerprint density at radius 1 is 1.00 bits per heavy atom. The van der Waals surface area contributed by atoms with E-state index in [-0.39, 0.29) is 5.91 Å². The molecule has 0 unspecified atom stereocenters. The molecule has 1 N–H and O–H groups in total. The van der Waals surface area contributed by atoms with Gasteiger partial charge in [0.25, 0.3) is 5.91 Å². The number of hydrogen-bond donors (Lipinski definition) is 1. The van der Waals surface area contributed by atoms with E-state index in [4.69, 9.17) is 4.98 Å². The van der Waals surface area contributed by atoms with Crippen LogP contribution in [0.25, 0.3) is 10.9 Å². The quantitative estimate of drug-likeness (QED) is 0.552. The highest BCUT2D eigenvalue weighted by atomic mass is 79.9. The first-order valence-electron chi connectivity index (χ1n) is 9.17. The number of benzene rings is 2. The second kappa shape index (κ2) is 7.58. The molecule has 1 amide bonds. The molecule has 0 saturated heterocycles. The van der Waals surface area contributed by atoms with Gasteiger partial charge in [0.15, 0.2) is 0 Å². The summed E-state index contributed by atoms with van der Waals surface area (Å²) in [6.45, 7) is 0. The number of hydrogen-bond acceptors (Lipinski definition) is 2. The predicted octanol–water partition coefficient (Wildman–Crippen LogP) is 6.30. The van der Waals surface area contributed by atoms with Crippen LogP contribution >= 0.6 is 15.9 Å². The van der Waals surface area contributed by atoms with Crippen LogP contribution in [0.5, 0.6) is 0 Å². The Balaban J connectivity index is 1.71. The number of anilines is 1. The second-order valence-electron chi connectivity index (χ2n) is 6.91. The van der Waals surface area contributed by atoms with E-state index < -0.39 is 0 Å². The Kier molecular flexibility index (Phi) is 5.02. The minimum absolute atomic E-state index is 0.0911. The molecule has 0 spiro atoms. The molecule has 3 aromatic rings. The first kappa shape index (κ1) is 17.2. The lowest BCUT2D eigenvalue weighted by Gasteiger charge is -2.24. The summed E-state index contributed by atoms with van der Waals surface area (Å²) in [5, 5.41) is 4.17. The topological polar surface area (TPSA) is 42.0 Å². The van der Waals surface area contributed by atoms with E-state index in [1.54, 1.807) is 0 Å². The molecule has 1 aliphatic carbocycles. The van der Waals surface area contributed by atoms with E-state index in [2.05, 4.69) is 27.3 Å². The minimum atomic E-state index is -0.0911. The summed E-state index contributed by atoms with van der Waals surface area (Å²) in [4.78, 5) is 17.7. The molecule has 2 aromatic carbocycles. The van der Waals surface area contributed by atoms with Crippen LogP contribution in [0.2, 0.25) is 0 Å². The van der Waals surface area contributed by atoms with Crippen LogP contribution < -0.4 is 5.32 Å². The van der Waals surface area contributed by atoms with Crippen molar-refractivity contribution >= 4 is 38.4 Å². The Morgan fingerprint density at radius 3 is 2.50 bits per heavy atom. The zero-order valence-electron chi connectivity index (χ0n) is 14.5. The van der Waals surface area contributed by atoms with Gasteiger partial charge in [-0.25, -0.2) is 0 Å². The number of aromatic nitrogens is 1. The Labute approximate surface area is 162 Å². The third-order valence-corrected chi connectivity index (χ3v) is 5.63. The first-order valence-corrected chi connectivity index (χ1v) is 9.96. The number of halogens is 1. The number of rotatable bonds is 3. The van der Waals surface area contributed by atoms with E-state index in [1.807, 2.05) is 48.5 Å². The van der Waals surface area contributed by atoms with Crippen molar-refractivity contribution in [3.05, 3.63) is 70.3 Å². The molecule has 4 rings (SSSR count). The highest BCUT2D eigenvalue weighted by Gasteiger charge is 2.22. The zero-order chi connectivity index (χ0) is 17.9. The molecular weight excluding hydrogens is 388 g/mol. The fourth-order valence-corrected chi connectivity index (χ4v) is 3.98. The third kappa shape index (κ3) is 3.65. The van der Waals surface area contributed by atoms with Gasteiger partial charge in [-0.15, -0.1) is 0 Å². The second-order valence-corrected chi connectivity index (χ2v) is 7.83. The van der Waals surface area contributed by atoms with Crippen LogP contribution in [0.1, 0.15) is 54.1 Å². The van der Waals surface area contributed by atoms with E-state index in [0.717, 1.165) is 39.6 Å². The molecule has 0 bridgehead atoms. The van der Waals surface area contributed by atoms with E-state index in [1.165, 1.54) is 19.3 Å². The number of carbonyl (C=O) groups is 1. The molecular formula is C22H21BrN2O. The van der Waals surface area contributed by atoms with E-state index in [0.29, 0.717) is 11.5 Å². The lowest BCUT2D eigenvalue weighted by atomic mass is 9.85. The standard InChI is InChI=1S/C22H21BrN2O/c23-18-12-10-16(11-13-18)22(26)25-20-14-17-8-4-5-9-19(17)24-21(20)15-6-2-1-3-7-15/h4-5,8-15H,1-3,6-7H2,(H,25,26). The summed E-state index contributed by atoms with van der Waals surface area (Å²) in [5.74, 6) is 0.334. The summed E-state index contributed by atoms with van der Waals surface area (Å²) >= 11 is 3.41. The highest BCUT2D eigenvalue weighted by molar-refractivity contribution is 9.10. The number of nitrogens with zero attached hydrogens (tertiary/aromatic N) is 1. The van der Waals surface area contributed by atoms with Gasteiger partial charge in [-0.3, -0.25) is 9.78 Å². The average Bonchev–Trinajstić information content (AvgIpc) is 2.68. The fraction of sp³-hybridized carbons (Fsp3) is 0.273. The molecule has 1 fully saturated rings. The molecule has 132 valence electrons. The zero-order valence-corrected chi connectivity index (χ0v) is 16.1. The van der Waals surface area contributed by atoms with Gasteiger partial charge in [0.1, 0.15) is 0 Å². The van der Waals surface area contributed by atoms with Gasteiger partial charge in [0, 0.05) is 21.3 Å². The Bertz CT molecular complexity index is 931. The van der Waals surface area contributed by atoms with Gasteiger partial charge in [0.2, 0.25) is 0 Å². The highest BCUT2D eigenvalue weighted by Crippen LogP contribution is 2.36. The Morgan fingerprint density at radius 2 is 1.73 bits per heavy atom. The summed E-state index contributed by atoms with van der Waals surface area (Å²) in [5.41, 5.74) is 3.53. The maximum absolute atomic E-state index is 12.7. The lowest BCUT2D eigenvalue weighted by molar-refractivity contribution is 0.102. The maximum atomic E-state index is 12.7. The monoisotopic (exact) mass is 408 g/mol. The van der Waals surface area contributed by atoms with Crippen LogP contribution in [0.3, 0.4) is 0 Å². The number of pyridine rings is 1. The number of nitrogens with one attached hydrogen (secondary N) is 1. The van der Waals surface area contributed by atoms with Gasteiger partial charge in [-0.1, -0.05) is 53.4 Å². The van der Waals surface area contributed by atoms with Crippen molar-refractivity contribution in [1.29, 1.82) is 0 Å². The van der Waals surface area contributed by atoms with Gasteiger partial charge in [0.05, 0.1) is 16.9 Å². The largest absolute Gasteiger partial charge is 0.320 e. The molecule has 26 heavy (non-hydrogen) atoms. The van der Waals surface area contributed by atoms with Crippen molar-refractivity contribution in [3.63, 3.8) is 0 Å². The van der Waals surface area contributed by atoms with Crippen LogP contribution in [0, 0.1) is 0 Å². The summed E-state index contributed by atoms with van der Waals surface area (Å²) in [6.07, 6.45) is 6.06. The smallest absolute Gasteiger partial charge is 0.255 e. The molecule has 1 heterocycles. The SMILES string of the molecule is O=C(Nc1cc2ccccc2nc1C1CCCCC1)c1ccc(Br)cc1. The normalized spacial score (nSPS) is 15.1. The van der Waals surface area contributed by atoms with E-state index >= 15 is 0 Å². The number of para-hydroxylation sites is 1. The van der Waals surface area contributed by atoms with Gasteiger partial charge < -0.3 is 5.32 Å². The van der Waals surface area contributed by atoms with Crippen LogP contribution in [-0.4, -0.2) is 10.9 Å². The van der Waals surface area contributed by atoms with Crippen molar-refractivity contribution < 1.29 is 4.79 Å². The minimum Gasteiger partial charge on any atom is -0.320 e. The van der Waals surface area contributed by atoms with Gasteiger partial charge in [-0.05, 0) is 49.2 Å². The van der Waals surface area contributed by atoms with Crippen LogP contribution in [-0.2, 0) is 0 Å². The third-order valence-electron chi connectivity index (χ3n) is 5.10. The molecule has 1 aromatic heterocycles. The molecule has 0 atom stereocenters. The molecule has 4 heteroatoms. The van der Waals surface area contributed by atoms with Crippen molar-refractivity contribution in [2.75, 3.05) is 5.32 Å². The van der Waals surface area contributed by atoms with Crippen molar-refractivity contribution in [3.8, 4) is 0 Å². The van der Waals surface area contributed by atoms with Gasteiger partial charge >= 0.3 is 0 Å². The van der Waals surface area contributed by atoms with Crippen molar-refractivity contribution in [2.45, 2.75) is 38.0 Å². The summed E-state index contributed by atoms with van der Waals surface area (Å²) in [6, 6.07) is 17.6. The molecule has 1 saturated carbocycles. The van der Waals surface area contributed by atoms with Gasteiger partial charge in [-0.2, -0.15) is 0 Å². The summed E-state index contributed by atoms with van der Waals surface area (Å²) < 4.78 is 0.962. The average molecular weight is 409 g/mol. The van der Waals surface area contributed by atoms with Crippen LogP contribution in [0.15, 0.2) is 59.1 Å².